The summed E-state index contributed by atoms with van der Waals surface area (Å²) in [6.45, 7) is 2.55. The number of rotatable bonds is 5. The molecule has 8 nitrogen and oxygen atoms in total. The molecule has 0 saturated heterocycles. The van der Waals surface area contributed by atoms with Crippen molar-refractivity contribution < 1.29 is 4.79 Å². The van der Waals surface area contributed by atoms with Gasteiger partial charge in [-0.05, 0) is 30.7 Å². The van der Waals surface area contributed by atoms with Crippen molar-refractivity contribution in [2.24, 2.45) is 0 Å². The zero-order valence-corrected chi connectivity index (χ0v) is 16.4. The summed E-state index contributed by atoms with van der Waals surface area (Å²) in [6, 6.07) is 9.12. The maximum atomic E-state index is 12.5. The number of amides is 1. The van der Waals surface area contributed by atoms with Gasteiger partial charge in [0.25, 0.3) is 5.91 Å². The summed E-state index contributed by atoms with van der Waals surface area (Å²) in [6.07, 6.45) is 5.25. The number of benzene rings is 1. The largest absolute Gasteiger partial charge is 0.372 e. The van der Waals surface area contributed by atoms with E-state index in [0.717, 1.165) is 11.4 Å². The lowest BCUT2D eigenvalue weighted by atomic mass is 10.2. The lowest BCUT2D eigenvalue weighted by Crippen LogP contribution is -2.20. The number of halogens is 1. The predicted molar refractivity (Wildman–Crippen MR) is 111 cm³/mol. The number of nitrogens with one attached hydrogen (secondary N) is 3. The second-order valence-corrected chi connectivity index (χ2v) is 7.40. The van der Waals surface area contributed by atoms with Crippen molar-refractivity contribution in [3.8, 4) is 0 Å². The van der Waals surface area contributed by atoms with Gasteiger partial charge in [0.1, 0.15) is 4.88 Å². The average molecular weight is 414 g/mol. The van der Waals surface area contributed by atoms with Crippen molar-refractivity contribution in [3.63, 3.8) is 0 Å². The number of thiazole rings is 1. The van der Waals surface area contributed by atoms with Gasteiger partial charge >= 0.3 is 0 Å². The zero-order valence-electron chi connectivity index (χ0n) is 14.8. The number of nitrogens with zero attached hydrogens (tertiary/aromatic N) is 4. The van der Waals surface area contributed by atoms with Gasteiger partial charge in [-0.15, -0.1) is 10.2 Å². The first kappa shape index (κ1) is 18.2. The number of hydrogen-bond donors (Lipinski definition) is 3. The Morgan fingerprint density at radius 3 is 2.89 bits per heavy atom. The molecule has 3 heterocycles. The smallest absolute Gasteiger partial charge is 0.267 e. The standard InChI is InChI=1S/C18H16ClN7OS/c1-11-3-2-4-12(19)16(11)23-17(27)13-9-21-18(28-13)22-14-5-6-15(25-24-14)26-8-7-20-10-26/h2-9,20H,10H2,1H3,(H,23,27)(H,21,22,24). The third-order valence-corrected chi connectivity index (χ3v) is 5.23. The number of para-hydroxylation sites is 1. The van der Waals surface area contributed by atoms with Crippen LogP contribution in [0.1, 0.15) is 15.2 Å². The lowest BCUT2D eigenvalue weighted by molar-refractivity contribution is 0.103. The summed E-state index contributed by atoms with van der Waals surface area (Å²) in [5.41, 5.74) is 1.49. The maximum Gasteiger partial charge on any atom is 0.267 e. The molecule has 0 bridgehead atoms. The van der Waals surface area contributed by atoms with Crippen molar-refractivity contribution >= 4 is 51.3 Å². The monoisotopic (exact) mass is 413 g/mol. The van der Waals surface area contributed by atoms with Crippen molar-refractivity contribution in [3.05, 3.63) is 64.4 Å². The van der Waals surface area contributed by atoms with Crippen LogP contribution in [0.2, 0.25) is 5.02 Å². The predicted octanol–water partition coefficient (Wildman–Crippen LogP) is 3.73. The first-order chi connectivity index (χ1) is 13.6. The summed E-state index contributed by atoms with van der Waals surface area (Å²) >= 11 is 7.39. The van der Waals surface area contributed by atoms with E-state index in [4.69, 9.17) is 11.6 Å². The van der Waals surface area contributed by atoms with Crippen LogP contribution in [0.5, 0.6) is 0 Å². The Bertz CT molecular complexity index is 1010. The fourth-order valence-electron chi connectivity index (χ4n) is 2.56. The van der Waals surface area contributed by atoms with Crippen LogP contribution in [0.15, 0.2) is 48.9 Å². The Balaban J connectivity index is 1.42. The molecule has 4 rings (SSSR count). The molecule has 0 atom stereocenters. The van der Waals surface area contributed by atoms with Crippen LogP contribution in [0.3, 0.4) is 0 Å². The van der Waals surface area contributed by atoms with E-state index in [2.05, 4.69) is 31.1 Å². The van der Waals surface area contributed by atoms with Crippen LogP contribution >= 0.6 is 22.9 Å². The van der Waals surface area contributed by atoms with E-state index in [1.807, 2.05) is 48.5 Å². The Hall–Kier alpha value is -3.17. The molecule has 28 heavy (non-hydrogen) atoms. The Morgan fingerprint density at radius 2 is 2.18 bits per heavy atom. The molecule has 142 valence electrons. The fourth-order valence-corrected chi connectivity index (χ4v) is 3.55. The normalized spacial score (nSPS) is 12.7. The van der Waals surface area contributed by atoms with Gasteiger partial charge in [0.15, 0.2) is 16.8 Å². The molecule has 0 unspecified atom stereocenters. The van der Waals surface area contributed by atoms with Gasteiger partial charge in [-0.1, -0.05) is 35.1 Å². The molecule has 3 N–H and O–H groups in total. The van der Waals surface area contributed by atoms with E-state index in [1.165, 1.54) is 17.5 Å². The molecule has 10 heteroatoms. The maximum absolute atomic E-state index is 12.5. The van der Waals surface area contributed by atoms with Crippen LogP contribution in [0, 0.1) is 6.92 Å². The molecule has 0 spiro atoms. The molecule has 0 aliphatic carbocycles. The molecular formula is C18H16ClN7OS. The zero-order chi connectivity index (χ0) is 19.5. The van der Waals surface area contributed by atoms with Crippen LogP contribution in [0.25, 0.3) is 0 Å². The van der Waals surface area contributed by atoms with E-state index >= 15 is 0 Å². The third kappa shape index (κ3) is 3.90. The number of carbonyl (C=O) groups is 1. The summed E-state index contributed by atoms with van der Waals surface area (Å²) in [5, 5.41) is 18.3. The summed E-state index contributed by atoms with van der Waals surface area (Å²) in [7, 11) is 0. The van der Waals surface area contributed by atoms with E-state index in [1.54, 1.807) is 6.07 Å². The van der Waals surface area contributed by atoms with E-state index < -0.39 is 0 Å². The fraction of sp³-hybridized carbons (Fsp3) is 0.111. The summed E-state index contributed by atoms with van der Waals surface area (Å²) < 4.78 is 0. The van der Waals surface area contributed by atoms with Crippen molar-refractivity contribution in [2.45, 2.75) is 6.92 Å². The minimum absolute atomic E-state index is 0.267. The van der Waals surface area contributed by atoms with Gasteiger partial charge in [0.05, 0.1) is 23.6 Å². The second kappa shape index (κ2) is 7.83. The van der Waals surface area contributed by atoms with Gasteiger partial charge in [-0.3, -0.25) is 4.79 Å². The van der Waals surface area contributed by atoms with Gasteiger partial charge in [-0.2, -0.15) is 0 Å². The Morgan fingerprint density at radius 1 is 1.29 bits per heavy atom. The average Bonchev–Trinajstić information content (AvgIpc) is 3.38. The van der Waals surface area contributed by atoms with E-state index in [0.29, 0.717) is 33.2 Å². The minimum Gasteiger partial charge on any atom is -0.372 e. The van der Waals surface area contributed by atoms with Gasteiger partial charge < -0.3 is 20.9 Å². The highest BCUT2D eigenvalue weighted by atomic mass is 35.5. The van der Waals surface area contributed by atoms with Crippen molar-refractivity contribution in [2.75, 3.05) is 22.2 Å². The quantitative estimate of drug-likeness (QED) is 0.586. The number of aryl methyl sites for hydroxylation is 1. The number of anilines is 4. The Labute approximate surface area is 170 Å². The van der Waals surface area contributed by atoms with Crippen LogP contribution in [-0.4, -0.2) is 27.8 Å². The first-order valence-corrected chi connectivity index (χ1v) is 9.59. The molecule has 0 saturated carbocycles. The molecule has 0 radical (unpaired) electrons. The summed E-state index contributed by atoms with van der Waals surface area (Å²) in [5.74, 6) is 1.01. The molecule has 1 amide bonds. The van der Waals surface area contributed by atoms with Crippen molar-refractivity contribution in [1.29, 1.82) is 0 Å². The lowest BCUT2D eigenvalue weighted by Gasteiger charge is -2.12. The van der Waals surface area contributed by atoms with Crippen LogP contribution in [-0.2, 0) is 0 Å². The van der Waals surface area contributed by atoms with Crippen LogP contribution < -0.4 is 20.9 Å². The summed E-state index contributed by atoms with van der Waals surface area (Å²) in [4.78, 5) is 19.1. The molecular weight excluding hydrogens is 398 g/mol. The molecule has 1 aliphatic rings. The molecule has 0 fully saturated rings. The molecule has 3 aromatic rings. The van der Waals surface area contributed by atoms with E-state index in [-0.39, 0.29) is 5.91 Å². The van der Waals surface area contributed by atoms with Crippen LogP contribution in [0.4, 0.5) is 22.5 Å². The highest BCUT2D eigenvalue weighted by molar-refractivity contribution is 7.17. The second-order valence-electron chi connectivity index (χ2n) is 5.97. The highest BCUT2D eigenvalue weighted by Crippen LogP contribution is 2.28. The molecule has 1 aliphatic heterocycles. The molecule has 2 aromatic heterocycles. The molecule has 1 aromatic carbocycles. The Kier molecular flexibility index (Phi) is 5.09. The highest BCUT2D eigenvalue weighted by Gasteiger charge is 2.14. The number of aromatic nitrogens is 3. The minimum atomic E-state index is -0.267. The third-order valence-electron chi connectivity index (χ3n) is 4.00. The first-order valence-electron chi connectivity index (χ1n) is 8.40. The van der Waals surface area contributed by atoms with Gasteiger partial charge in [-0.25, -0.2) is 4.98 Å². The topological polar surface area (TPSA) is 95.1 Å². The van der Waals surface area contributed by atoms with E-state index in [9.17, 15) is 4.79 Å². The SMILES string of the molecule is Cc1cccc(Cl)c1NC(=O)c1cnc(Nc2ccc(N3C=CNC3)nn2)s1. The number of hydrogen-bond acceptors (Lipinski definition) is 8. The van der Waals surface area contributed by atoms with Gasteiger partial charge in [0.2, 0.25) is 0 Å². The van der Waals surface area contributed by atoms with Gasteiger partial charge in [0, 0.05) is 12.4 Å². The number of carbonyl (C=O) groups excluding carboxylic acids is 1. The van der Waals surface area contributed by atoms with Crippen molar-refractivity contribution in [1.82, 2.24) is 20.5 Å².